The Bertz CT molecular complexity index is 1530. The van der Waals surface area contributed by atoms with Gasteiger partial charge in [-0.15, -0.1) is 11.3 Å². The largest absolute Gasteiger partial charge is 0.494 e. The van der Waals surface area contributed by atoms with Crippen molar-refractivity contribution < 1.29 is 39.6 Å². The van der Waals surface area contributed by atoms with Crippen molar-refractivity contribution >= 4 is 47.3 Å². The summed E-state index contributed by atoms with van der Waals surface area (Å²) in [5, 5.41) is 0. The smallest absolute Gasteiger partial charge is 0.263 e. The number of sulfonamides is 3. The summed E-state index contributed by atoms with van der Waals surface area (Å²) in [6.45, 7) is 6.07. The van der Waals surface area contributed by atoms with E-state index in [1.165, 1.54) is 6.07 Å². The molecule has 2 N–H and O–H groups in total. The number of carbonyl (C=O) groups is 1. The first-order chi connectivity index (χ1) is 18.9. The lowest BCUT2D eigenvalue weighted by Crippen LogP contribution is -2.62. The van der Waals surface area contributed by atoms with Gasteiger partial charge in [0.1, 0.15) is 16.0 Å². The van der Waals surface area contributed by atoms with Crippen molar-refractivity contribution in [2.75, 3.05) is 44.8 Å². The molecule has 2 heterocycles. The van der Waals surface area contributed by atoms with Gasteiger partial charge in [0.15, 0.2) is 0 Å². The predicted octanol–water partition coefficient (Wildman–Crippen LogP) is 1.21. The van der Waals surface area contributed by atoms with Gasteiger partial charge in [0.05, 0.1) is 24.2 Å². The zero-order valence-electron chi connectivity index (χ0n) is 23.5. The van der Waals surface area contributed by atoms with E-state index in [2.05, 4.69) is 10.2 Å². The van der Waals surface area contributed by atoms with Crippen molar-refractivity contribution in [3.63, 3.8) is 0 Å². The van der Waals surface area contributed by atoms with Gasteiger partial charge in [-0.05, 0) is 69.7 Å². The summed E-state index contributed by atoms with van der Waals surface area (Å²) >= 11 is 1.03. The molecule has 1 fully saturated rings. The molecule has 0 radical (unpaired) electrons. The van der Waals surface area contributed by atoms with Crippen LogP contribution in [0.5, 0.6) is 5.75 Å². The summed E-state index contributed by atoms with van der Waals surface area (Å²) in [4.78, 5) is 19.2. The topological polar surface area (TPSA) is 168 Å². The second-order valence-corrected chi connectivity index (χ2v) is 17.4. The van der Waals surface area contributed by atoms with Crippen molar-refractivity contribution in [2.24, 2.45) is 0 Å². The first kappa shape index (κ1) is 33.4. The molecule has 0 spiro atoms. The number of hydroxylamine groups is 1. The molecule has 1 atom stereocenters. The number of nitrogens with zero attached hydrogens (tertiary/aromatic N) is 2. The van der Waals surface area contributed by atoms with E-state index in [9.17, 15) is 30.0 Å². The highest BCUT2D eigenvalue weighted by atomic mass is 32.2. The summed E-state index contributed by atoms with van der Waals surface area (Å²) in [6.07, 6.45) is 0.907. The van der Waals surface area contributed by atoms with Crippen molar-refractivity contribution in [1.82, 2.24) is 18.8 Å². The number of benzene rings is 1. The minimum Gasteiger partial charge on any atom is -0.494 e. The van der Waals surface area contributed by atoms with Crippen LogP contribution in [0.25, 0.3) is 10.4 Å². The Balaban J connectivity index is 1.87. The molecule has 0 saturated carbocycles. The van der Waals surface area contributed by atoms with Crippen LogP contribution < -0.4 is 14.9 Å². The number of hydrogen-bond donors (Lipinski definition) is 2. The minimum atomic E-state index is -4.22. The molecule has 1 aromatic carbocycles. The number of hydrogen-bond acceptors (Lipinski definition) is 10. The summed E-state index contributed by atoms with van der Waals surface area (Å²) in [5.74, 6) is -0.705. The normalized spacial score (nSPS) is 17.8. The number of piperazine rings is 1. The van der Waals surface area contributed by atoms with Crippen LogP contribution in [0, 0.1) is 0 Å². The van der Waals surface area contributed by atoms with Crippen LogP contribution in [0.1, 0.15) is 27.7 Å². The van der Waals surface area contributed by atoms with Gasteiger partial charge >= 0.3 is 0 Å². The van der Waals surface area contributed by atoms with Crippen LogP contribution >= 0.6 is 11.3 Å². The Morgan fingerprint density at radius 1 is 1.02 bits per heavy atom. The van der Waals surface area contributed by atoms with E-state index in [1.54, 1.807) is 39.0 Å². The van der Waals surface area contributed by atoms with Crippen molar-refractivity contribution in [3.8, 4) is 16.2 Å². The molecule has 1 saturated heterocycles. The third-order valence-electron chi connectivity index (χ3n) is 5.77. The van der Waals surface area contributed by atoms with Crippen molar-refractivity contribution in [2.45, 2.75) is 43.5 Å². The lowest BCUT2D eigenvalue weighted by Gasteiger charge is -2.38. The molecule has 0 bridgehead atoms. The van der Waals surface area contributed by atoms with E-state index in [4.69, 9.17) is 9.57 Å². The second kappa shape index (κ2) is 13.0. The average Bonchev–Trinajstić information content (AvgIpc) is 3.37. The molecular weight excluding hydrogens is 617 g/mol. The fourth-order valence-electron chi connectivity index (χ4n) is 3.86. The van der Waals surface area contributed by atoms with Crippen LogP contribution in [0.2, 0.25) is 0 Å². The number of amides is 1. The maximum absolute atomic E-state index is 13.8. The van der Waals surface area contributed by atoms with Crippen LogP contribution in [-0.4, -0.2) is 96.2 Å². The second-order valence-electron chi connectivity index (χ2n) is 10.2. The first-order valence-electron chi connectivity index (χ1n) is 12.7. The zero-order chi connectivity index (χ0) is 30.6. The monoisotopic (exact) mass is 652 g/mol. The highest BCUT2D eigenvalue weighted by molar-refractivity contribution is 7.91. The van der Waals surface area contributed by atoms with Gasteiger partial charge in [0, 0.05) is 31.1 Å². The molecular formula is C24H36N4O9S4. The zero-order valence-corrected chi connectivity index (χ0v) is 26.8. The quantitative estimate of drug-likeness (QED) is 0.320. The Morgan fingerprint density at radius 3 is 2.27 bits per heavy atom. The fraction of sp³-hybridized carbons (Fsp3) is 0.542. The summed E-state index contributed by atoms with van der Waals surface area (Å²) < 4.78 is 85.7. The fourth-order valence-corrected chi connectivity index (χ4v) is 8.82. The molecule has 2 aromatic rings. The molecule has 230 valence electrons. The van der Waals surface area contributed by atoms with Crippen molar-refractivity contribution in [1.29, 1.82) is 0 Å². The Kier molecular flexibility index (Phi) is 10.6. The highest BCUT2D eigenvalue weighted by Crippen LogP contribution is 2.34. The Morgan fingerprint density at radius 2 is 1.68 bits per heavy atom. The molecule has 0 unspecified atom stereocenters. The molecule has 1 amide bonds. The molecule has 1 aliphatic heterocycles. The molecule has 0 aliphatic carbocycles. The molecule has 17 heteroatoms. The van der Waals surface area contributed by atoms with Crippen LogP contribution in [0.3, 0.4) is 0 Å². The lowest BCUT2D eigenvalue weighted by atomic mass is 10.2. The number of ether oxygens (including phenoxy) is 1. The molecule has 3 rings (SSSR count). The van der Waals surface area contributed by atoms with Crippen molar-refractivity contribution in [3.05, 3.63) is 36.4 Å². The van der Waals surface area contributed by atoms with E-state index in [-0.39, 0.29) is 23.8 Å². The Labute approximate surface area is 245 Å². The summed E-state index contributed by atoms with van der Waals surface area (Å²) in [5.41, 5.74) is 2.25. The van der Waals surface area contributed by atoms with Crippen LogP contribution in [0.4, 0.5) is 0 Å². The SMILES string of the molecule is CCOc1ccc(-c2ccc(S(=O)(=O)N3CCN(S(=O)(=O)CCNS(C)(=O)=O)C[C@@H]3C(=O)NOC(C)(C)C)s2)cc1. The highest BCUT2D eigenvalue weighted by Gasteiger charge is 2.44. The van der Waals surface area contributed by atoms with E-state index in [0.717, 1.165) is 31.8 Å². The van der Waals surface area contributed by atoms with E-state index >= 15 is 0 Å². The minimum absolute atomic E-state index is 0.00964. The maximum atomic E-state index is 13.8. The lowest BCUT2D eigenvalue weighted by molar-refractivity contribution is -0.150. The van der Waals surface area contributed by atoms with Gasteiger partial charge in [0.25, 0.3) is 15.9 Å². The van der Waals surface area contributed by atoms with Gasteiger partial charge in [-0.3, -0.25) is 9.63 Å². The molecule has 13 nitrogen and oxygen atoms in total. The van der Waals surface area contributed by atoms with Gasteiger partial charge in [0.2, 0.25) is 20.0 Å². The van der Waals surface area contributed by atoms with Gasteiger partial charge in [-0.1, -0.05) is 0 Å². The molecule has 1 aromatic heterocycles. The van der Waals surface area contributed by atoms with E-state index < -0.39 is 59.9 Å². The average molecular weight is 653 g/mol. The third kappa shape index (κ3) is 9.18. The number of carbonyl (C=O) groups excluding carboxylic acids is 1. The Hall–Kier alpha value is -2.12. The molecule has 41 heavy (non-hydrogen) atoms. The number of rotatable bonds is 12. The standard InChI is InChI=1S/C24H36N4O9S4/c1-6-36-19-9-7-18(8-10-19)21-11-12-22(38-21)41(34,35)28-15-14-27(40(32,33)16-13-25-39(5,30)31)17-20(28)23(29)26-37-24(2,3)4/h7-12,20,25H,6,13-17H2,1-5H3,(H,26,29)/t20-/m1/s1. The van der Waals surface area contributed by atoms with E-state index in [1.807, 2.05) is 19.1 Å². The molecule has 1 aliphatic rings. The van der Waals surface area contributed by atoms with Gasteiger partial charge in [-0.25, -0.2) is 35.5 Å². The summed E-state index contributed by atoms with van der Waals surface area (Å²) in [7, 11) is -11.9. The third-order valence-corrected chi connectivity index (χ3v) is 11.8. The summed E-state index contributed by atoms with van der Waals surface area (Å²) in [6, 6.07) is 8.88. The van der Waals surface area contributed by atoms with Gasteiger partial charge in [-0.2, -0.15) is 8.61 Å². The maximum Gasteiger partial charge on any atom is 0.263 e. The van der Waals surface area contributed by atoms with Crippen LogP contribution in [0.15, 0.2) is 40.6 Å². The first-order valence-corrected chi connectivity index (χ1v) is 18.4. The van der Waals surface area contributed by atoms with Crippen LogP contribution in [-0.2, 0) is 39.7 Å². The van der Waals surface area contributed by atoms with E-state index in [0.29, 0.717) is 17.2 Å². The number of thiophene rings is 1. The predicted molar refractivity (Wildman–Crippen MR) is 156 cm³/mol. The number of nitrogens with one attached hydrogen (secondary N) is 2. The van der Waals surface area contributed by atoms with Gasteiger partial charge < -0.3 is 4.74 Å².